The average Bonchev–Trinajstić information content (AvgIpc) is 2.90. The summed E-state index contributed by atoms with van der Waals surface area (Å²) in [4.78, 5) is 71.6. The maximum atomic E-state index is 12.2. The third-order valence-corrected chi connectivity index (χ3v) is 7.07. The number of aliphatic hydroxyl groups is 1. The van der Waals surface area contributed by atoms with Crippen molar-refractivity contribution in [2.75, 3.05) is 19.0 Å². The van der Waals surface area contributed by atoms with E-state index in [1.54, 1.807) is 0 Å². The highest BCUT2D eigenvalue weighted by Gasteiger charge is 2.56. The highest BCUT2D eigenvalue weighted by Crippen LogP contribution is 2.35. The van der Waals surface area contributed by atoms with Gasteiger partial charge in [-0.15, -0.1) is 11.8 Å². The molecule has 0 spiro atoms. The molecule has 44 heavy (non-hydrogen) atoms. The molecule has 246 valence electrons. The average molecular weight is 649 g/mol. The smallest absolute Gasteiger partial charge is 0.303 e. The first-order chi connectivity index (χ1) is 20.6. The van der Waals surface area contributed by atoms with Crippen LogP contribution in [-0.4, -0.2) is 120 Å². The van der Waals surface area contributed by atoms with E-state index in [1.807, 2.05) is 6.07 Å². The number of hydrogen-bond acceptors (Lipinski definition) is 17. The first-order valence-corrected chi connectivity index (χ1v) is 14.4. The van der Waals surface area contributed by atoms with Crippen molar-refractivity contribution in [1.82, 2.24) is 5.32 Å². The summed E-state index contributed by atoms with van der Waals surface area (Å²) >= 11 is 0.953. The topological polar surface area (TPSA) is 232 Å². The predicted octanol–water partition coefficient (Wildman–Crippen LogP) is -1.13. The van der Waals surface area contributed by atoms with E-state index < -0.39 is 109 Å². The first-order valence-electron chi connectivity index (χ1n) is 13.3. The molecule has 0 bridgehead atoms. The van der Waals surface area contributed by atoms with Gasteiger partial charge in [0.2, 0.25) is 5.91 Å². The fourth-order valence-electron chi connectivity index (χ4n) is 4.52. The quantitative estimate of drug-likeness (QED) is 0.188. The molecular weight excluding hydrogens is 612 g/mol. The van der Waals surface area contributed by atoms with Crippen molar-refractivity contribution < 1.29 is 71.8 Å². The van der Waals surface area contributed by atoms with Crippen LogP contribution in [0.2, 0.25) is 0 Å². The standard InChI is InChI=1S/C26H36N2O15S/c1-11(29)28-19-22(20(35)17(9-36-12(2)30)42-26(19)44-8-7-27)43-25-24(40-16(6)34)23(39-15(5)33)21(38-14(4)32)18(41-25)10-37-13(3)31/h17-26,35H,8-10H2,1-6H3,(H,28,29)/t17?,18-,19-,20+,21-,22?,23?,24?,25-,26-/m0/s1. The molecule has 0 radical (unpaired) electrons. The Balaban J connectivity index is 2.62. The Morgan fingerprint density at radius 1 is 0.750 bits per heavy atom. The minimum Gasteiger partial charge on any atom is -0.463 e. The number of amides is 1. The zero-order chi connectivity index (χ0) is 33.1. The Morgan fingerprint density at radius 2 is 1.27 bits per heavy atom. The van der Waals surface area contributed by atoms with Crippen LogP contribution in [0, 0.1) is 11.3 Å². The highest BCUT2D eigenvalue weighted by molar-refractivity contribution is 8.00. The van der Waals surface area contributed by atoms with Crippen molar-refractivity contribution >= 4 is 47.5 Å². The van der Waals surface area contributed by atoms with E-state index in [-0.39, 0.29) is 5.75 Å². The predicted molar refractivity (Wildman–Crippen MR) is 144 cm³/mol. The zero-order valence-electron chi connectivity index (χ0n) is 24.9. The van der Waals surface area contributed by atoms with Gasteiger partial charge in [-0.1, -0.05) is 0 Å². The molecule has 2 fully saturated rings. The van der Waals surface area contributed by atoms with Crippen LogP contribution in [0.5, 0.6) is 0 Å². The highest BCUT2D eigenvalue weighted by atomic mass is 32.2. The Kier molecular flexibility index (Phi) is 14.3. The van der Waals surface area contributed by atoms with Crippen LogP contribution in [0.15, 0.2) is 0 Å². The lowest BCUT2D eigenvalue weighted by atomic mass is 9.95. The fraction of sp³-hybridized carbons (Fsp3) is 0.731. The molecule has 2 aliphatic rings. The molecule has 0 saturated carbocycles. The van der Waals surface area contributed by atoms with E-state index in [2.05, 4.69) is 5.32 Å². The SMILES string of the molecule is CC(=O)N[C@H]1C(O[C@@H]2O[C@@H](COC(C)=O)[C@H](OC(C)=O)C(OC(C)=O)C2OC(C)=O)[C@H](O)C(COC(C)=O)O[C@H]1SCC#N. The van der Waals surface area contributed by atoms with Gasteiger partial charge < -0.3 is 48.3 Å². The number of carbonyl (C=O) groups excluding carboxylic acids is 6. The molecule has 18 heteroatoms. The molecule has 0 aromatic heterocycles. The molecule has 2 rings (SSSR count). The number of nitrogens with one attached hydrogen (secondary N) is 1. The normalized spacial score (nSPS) is 31.4. The van der Waals surface area contributed by atoms with Crippen molar-refractivity contribution in [2.24, 2.45) is 0 Å². The van der Waals surface area contributed by atoms with Gasteiger partial charge in [-0.25, -0.2) is 0 Å². The Labute approximate surface area is 257 Å². The van der Waals surface area contributed by atoms with Gasteiger partial charge in [-0.2, -0.15) is 5.26 Å². The number of ether oxygens (including phenoxy) is 8. The number of nitrogens with zero attached hydrogens (tertiary/aromatic N) is 1. The number of nitriles is 1. The second-order valence-corrected chi connectivity index (χ2v) is 10.8. The molecule has 2 heterocycles. The Morgan fingerprint density at radius 3 is 1.77 bits per heavy atom. The summed E-state index contributed by atoms with van der Waals surface area (Å²) in [6.07, 6.45) is -12.0. The fourth-order valence-corrected chi connectivity index (χ4v) is 5.41. The summed E-state index contributed by atoms with van der Waals surface area (Å²) in [5.74, 6) is -4.66. The molecule has 10 atom stereocenters. The number of carbonyl (C=O) groups is 6. The third-order valence-electron chi connectivity index (χ3n) is 6.05. The number of rotatable bonds is 12. The van der Waals surface area contributed by atoms with Crippen molar-refractivity contribution in [3.05, 3.63) is 0 Å². The maximum absolute atomic E-state index is 12.2. The van der Waals surface area contributed by atoms with Crippen molar-refractivity contribution in [2.45, 2.75) is 102 Å². The van der Waals surface area contributed by atoms with Crippen molar-refractivity contribution in [3.8, 4) is 6.07 Å². The molecular formula is C26H36N2O15S. The van der Waals surface area contributed by atoms with Crippen LogP contribution in [0.1, 0.15) is 41.5 Å². The van der Waals surface area contributed by atoms with Gasteiger partial charge in [0.1, 0.15) is 43.1 Å². The lowest BCUT2D eigenvalue weighted by Crippen LogP contribution is -2.68. The van der Waals surface area contributed by atoms with Crippen molar-refractivity contribution in [1.29, 1.82) is 5.26 Å². The summed E-state index contributed by atoms with van der Waals surface area (Å²) in [7, 11) is 0. The molecule has 2 saturated heterocycles. The van der Waals surface area contributed by atoms with Gasteiger partial charge in [-0.05, 0) is 0 Å². The van der Waals surface area contributed by atoms with Crippen LogP contribution in [-0.2, 0) is 66.7 Å². The van der Waals surface area contributed by atoms with Gasteiger partial charge in [-0.3, -0.25) is 28.8 Å². The summed E-state index contributed by atoms with van der Waals surface area (Å²) in [5, 5.41) is 23.1. The number of aliphatic hydroxyl groups excluding tert-OH is 1. The number of hydrogen-bond donors (Lipinski definition) is 2. The van der Waals surface area contributed by atoms with Crippen LogP contribution in [0.4, 0.5) is 0 Å². The van der Waals surface area contributed by atoms with Crippen LogP contribution in [0.25, 0.3) is 0 Å². The Hall–Kier alpha value is -3.50. The summed E-state index contributed by atoms with van der Waals surface area (Å²) in [6, 6.07) is 0.766. The van der Waals surface area contributed by atoms with E-state index >= 15 is 0 Å². The van der Waals surface area contributed by atoms with Gasteiger partial charge >= 0.3 is 29.8 Å². The first kappa shape index (κ1) is 36.7. The van der Waals surface area contributed by atoms with Gasteiger partial charge in [0, 0.05) is 41.5 Å². The molecule has 0 aliphatic carbocycles. The van der Waals surface area contributed by atoms with E-state index in [4.69, 9.17) is 43.2 Å². The third kappa shape index (κ3) is 10.9. The van der Waals surface area contributed by atoms with E-state index in [1.165, 1.54) is 6.92 Å². The molecule has 0 aromatic carbocycles. The van der Waals surface area contributed by atoms with E-state index in [9.17, 15) is 33.9 Å². The molecule has 1 amide bonds. The monoisotopic (exact) mass is 648 g/mol. The van der Waals surface area contributed by atoms with E-state index in [0.717, 1.165) is 46.4 Å². The zero-order valence-corrected chi connectivity index (χ0v) is 25.7. The lowest BCUT2D eigenvalue weighted by molar-refractivity contribution is -0.332. The van der Waals surface area contributed by atoms with Gasteiger partial charge in [0.15, 0.2) is 24.6 Å². The number of esters is 5. The summed E-state index contributed by atoms with van der Waals surface area (Å²) in [5.41, 5.74) is -1.03. The number of thioether (sulfide) groups is 1. The molecule has 17 nitrogen and oxygen atoms in total. The summed E-state index contributed by atoms with van der Waals surface area (Å²) in [6.45, 7) is 5.63. The maximum Gasteiger partial charge on any atom is 0.303 e. The minimum absolute atomic E-state index is 0.108. The second kappa shape index (κ2) is 17.1. The largest absolute Gasteiger partial charge is 0.463 e. The molecule has 0 aromatic rings. The van der Waals surface area contributed by atoms with Crippen LogP contribution in [0.3, 0.4) is 0 Å². The lowest BCUT2D eigenvalue weighted by Gasteiger charge is -2.48. The molecule has 4 unspecified atom stereocenters. The van der Waals surface area contributed by atoms with Gasteiger partial charge in [0.25, 0.3) is 0 Å². The molecule has 2 aliphatic heterocycles. The van der Waals surface area contributed by atoms with E-state index in [0.29, 0.717) is 0 Å². The minimum atomic E-state index is -1.71. The molecule has 2 N–H and O–H groups in total. The summed E-state index contributed by atoms with van der Waals surface area (Å²) < 4.78 is 44.3. The second-order valence-electron chi connectivity index (χ2n) is 9.70. The van der Waals surface area contributed by atoms with Gasteiger partial charge in [0.05, 0.1) is 17.9 Å². The Bertz CT molecular complexity index is 1110. The van der Waals surface area contributed by atoms with Crippen LogP contribution < -0.4 is 5.32 Å². The van der Waals surface area contributed by atoms with Crippen molar-refractivity contribution in [3.63, 3.8) is 0 Å². The van der Waals surface area contributed by atoms with Crippen LogP contribution >= 0.6 is 11.8 Å².